The van der Waals surface area contributed by atoms with Crippen LogP contribution >= 0.6 is 0 Å². The lowest BCUT2D eigenvalue weighted by Crippen LogP contribution is -2.23. The number of para-hydroxylation sites is 1. The Hall–Kier alpha value is -2.62. The van der Waals surface area contributed by atoms with E-state index in [0.29, 0.717) is 11.7 Å². The molecule has 0 saturated heterocycles. The Morgan fingerprint density at radius 1 is 1.09 bits per heavy atom. The van der Waals surface area contributed by atoms with Crippen molar-refractivity contribution in [2.45, 2.75) is 19.8 Å². The fraction of sp³-hybridized carbons (Fsp3) is 0.222. The minimum atomic E-state index is -0.274. The van der Waals surface area contributed by atoms with Gasteiger partial charge in [0.15, 0.2) is 0 Å². The van der Waals surface area contributed by atoms with E-state index in [1.807, 2.05) is 36.4 Å². The fourth-order valence-corrected chi connectivity index (χ4v) is 2.62. The van der Waals surface area contributed by atoms with E-state index in [2.05, 4.69) is 36.3 Å². The van der Waals surface area contributed by atoms with Gasteiger partial charge in [-0.15, -0.1) is 0 Å². The van der Waals surface area contributed by atoms with Crippen LogP contribution in [0.4, 0.5) is 5.82 Å². The molecule has 2 aromatic carbocycles. The van der Waals surface area contributed by atoms with Crippen molar-refractivity contribution in [3.8, 4) is 5.69 Å². The predicted octanol–water partition coefficient (Wildman–Crippen LogP) is 3.55. The lowest BCUT2D eigenvalue weighted by molar-refractivity contribution is 0.865. The summed E-state index contributed by atoms with van der Waals surface area (Å²) in [5.74, 6) is 1.01. The Morgan fingerprint density at radius 3 is 2.45 bits per heavy atom. The van der Waals surface area contributed by atoms with Gasteiger partial charge in [0.25, 0.3) is 0 Å². The van der Waals surface area contributed by atoms with Crippen LogP contribution < -0.4 is 11.0 Å². The van der Waals surface area contributed by atoms with Crippen molar-refractivity contribution in [3.05, 3.63) is 64.6 Å². The SMILES string of the molecule is CNc1nc(=O)n(-c2ccccc2)c2cc(C(C)C)ccc12. The lowest BCUT2D eigenvalue weighted by Gasteiger charge is -2.14. The van der Waals surface area contributed by atoms with Crippen LogP contribution in [-0.2, 0) is 0 Å². The van der Waals surface area contributed by atoms with Gasteiger partial charge in [0.05, 0.1) is 11.2 Å². The Balaban J connectivity index is 2.42. The van der Waals surface area contributed by atoms with Crippen LogP contribution in [0.25, 0.3) is 16.6 Å². The molecule has 0 saturated carbocycles. The monoisotopic (exact) mass is 293 g/mol. The van der Waals surface area contributed by atoms with Crippen LogP contribution in [0.2, 0.25) is 0 Å². The van der Waals surface area contributed by atoms with E-state index >= 15 is 0 Å². The van der Waals surface area contributed by atoms with Gasteiger partial charge >= 0.3 is 5.69 Å². The topological polar surface area (TPSA) is 46.9 Å². The molecule has 1 heterocycles. The molecule has 3 aromatic rings. The third-order valence-electron chi connectivity index (χ3n) is 3.83. The van der Waals surface area contributed by atoms with Crippen molar-refractivity contribution in [1.29, 1.82) is 0 Å². The highest BCUT2D eigenvalue weighted by molar-refractivity contribution is 5.90. The molecule has 22 heavy (non-hydrogen) atoms. The first-order valence-electron chi connectivity index (χ1n) is 7.41. The van der Waals surface area contributed by atoms with Crippen molar-refractivity contribution in [2.24, 2.45) is 0 Å². The second-order valence-electron chi connectivity index (χ2n) is 5.60. The quantitative estimate of drug-likeness (QED) is 0.803. The summed E-state index contributed by atoms with van der Waals surface area (Å²) in [7, 11) is 1.78. The van der Waals surface area contributed by atoms with Crippen molar-refractivity contribution >= 4 is 16.7 Å². The van der Waals surface area contributed by atoms with Gasteiger partial charge < -0.3 is 5.32 Å². The zero-order chi connectivity index (χ0) is 15.7. The molecule has 0 aliphatic carbocycles. The van der Waals surface area contributed by atoms with Gasteiger partial charge in [-0.05, 0) is 35.7 Å². The van der Waals surface area contributed by atoms with E-state index in [9.17, 15) is 4.79 Å². The Morgan fingerprint density at radius 2 is 1.82 bits per heavy atom. The summed E-state index contributed by atoms with van der Waals surface area (Å²) in [6.07, 6.45) is 0. The van der Waals surface area contributed by atoms with Gasteiger partial charge in [-0.1, -0.05) is 38.1 Å². The highest BCUT2D eigenvalue weighted by atomic mass is 16.1. The molecule has 112 valence electrons. The molecular weight excluding hydrogens is 274 g/mol. The van der Waals surface area contributed by atoms with E-state index in [0.717, 1.165) is 16.6 Å². The molecule has 1 N–H and O–H groups in total. The first kappa shape index (κ1) is 14.3. The molecule has 0 atom stereocenters. The lowest BCUT2D eigenvalue weighted by atomic mass is 10.0. The average molecular weight is 293 g/mol. The zero-order valence-corrected chi connectivity index (χ0v) is 13.0. The van der Waals surface area contributed by atoms with E-state index in [1.54, 1.807) is 11.6 Å². The van der Waals surface area contributed by atoms with Crippen LogP contribution in [0.5, 0.6) is 0 Å². The minimum absolute atomic E-state index is 0.274. The van der Waals surface area contributed by atoms with E-state index in [-0.39, 0.29) is 5.69 Å². The molecule has 4 nitrogen and oxygen atoms in total. The Labute approximate surface area is 129 Å². The maximum absolute atomic E-state index is 12.5. The van der Waals surface area contributed by atoms with Gasteiger partial charge in [0, 0.05) is 12.4 Å². The van der Waals surface area contributed by atoms with E-state index in [1.165, 1.54) is 5.56 Å². The molecule has 3 rings (SSSR count). The first-order valence-corrected chi connectivity index (χ1v) is 7.41. The smallest absolute Gasteiger partial charge is 0.354 e. The molecule has 0 fully saturated rings. The molecule has 0 aliphatic rings. The number of anilines is 1. The van der Waals surface area contributed by atoms with E-state index in [4.69, 9.17) is 0 Å². The fourth-order valence-electron chi connectivity index (χ4n) is 2.62. The second kappa shape index (κ2) is 5.64. The maximum Gasteiger partial charge on any atom is 0.354 e. The minimum Gasteiger partial charge on any atom is -0.372 e. The third-order valence-corrected chi connectivity index (χ3v) is 3.83. The Kier molecular flexibility index (Phi) is 3.67. The highest BCUT2D eigenvalue weighted by Gasteiger charge is 2.12. The molecule has 4 heteroatoms. The third kappa shape index (κ3) is 2.37. The summed E-state index contributed by atoms with van der Waals surface area (Å²) in [4.78, 5) is 16.7. The standard InChI is InChI=1S/C18H19N3O/c1-12(2)13-9-10-15-16(11-13)21(14-7-5-4-6-8-14)18(22)20-17(15)19-3/h4-12H,1-3H3,(H,19,20,22). The number of fused-ring (bicyclic) bond motifs is 1. The summed E-state index contributed by atoms with van der Waals surface area (Å²) in [6.45, 7) is 4.29. The van der Waals surface area contributed by atoms with Gasteiger partial charge in [-0.2, -0.15) is 4.98 Å². The maximum atomic E-state index is 12.5. The number of nitrogens with zero attached hydrogens (tertiary/aromatic N) is 2. The predicted molar refractivity (Wildman–Crippen MR) is 91.0 cm³/mol. The first-order chi connectivity index (χ1) is 10.6. The van der Waals surface area contributed by atoms with Crippen LogP contribution in [0.3, 0.4) is 0 Å². The van der Waals surface area contributed by atoms with Crippen molar-refractivity contribution in [2.75, 3.05) is 12.4 Å². The normalized spacial score (nSPS) is 11.1. The Bertz CT molecular complexity index is 867. The molecular formula is C18H19N3O. The zero-order valence-electron chi connectivity index (χ0n) is 13.0. The molecule has 0 spiro atoms. The number of rotatable bonds is 3. The van der Waals surface area contributed by atoms with Crippen LogP contribution in [-0.4, -0.2) is 16.6 Å². The molecule has 0 unspecified atom stereocenters. The molecule has 0 aliphatic heterocycles. The largest absolute Gasteiger partial charge is 0.372 e. The van der Waals surface area contributed by atoms with Crippen molar-refractivity contribution < 1.29 is 0 Å². The van der Waals surface area contributed by atoms with Crippen LogP contribution in [0.1, 0.15) is 25.3 Å². The second-order valence-corrected chi connectivity index (χ2v) is 5.60. The summed E-state index contributed by atoms with van der Waals surface area (Å²) >= 11 is 0. The molecule has 0 amide bonds. The number of hydrogen-bond acceptors (Lipinski definition) is 3. The number of hydrogen-bond donors (Lipinski definition) is 1. The van der Waals surface area contributed by atoms with Gasteiger partial charge in [-0.3, -0.25) is 4.57 Å². The summed E-state index contributed by atoms with van der Waals surface area (Å²) in [5.41, 5.74) is 2.63. The summed E-state index contributed by atoms with van der Waals surface area (Å²) < 4.78 is 1.67. The number of nitrogens with one attached hydrogen (secondary N) is 1. The number of aromatic nitrogens is 2. The molecule has 0 radical (unpaired) electrons. The van der Waals surface area contributed by atoms with Crippen LogP contribution in [0.15, 0.2) is 53.3 Å². The summed E-state index contributed by atoms with van der Waals surface area (Å²) in [5, 5.41) is 3.95. The van der Waals surface area contributed by atoms with Gasteiger partial charge in [0.1, 0.15) is 5.82 Å². The summed E-state index contributed by atoms with van der Waals surface area (Å²) in [6, 6.07) is 15.8. The van der Waals surface area contributed by atoms with Crippen molar-refractivity contribution in [1.82, 2.24) is 9.55 Å². The van der Waals surface area contributed by atoms with Gasteiger partial charge in [-0.25, -0.2) is 4.79 Å². The number of benzene rings is 2. The van der Waals surface area contributed by atoms with E-state index < -0.39 is 0 Å². The van der Waals surface area contributed by atoms with Gasteiger partial charge in [0.2, 0.25) is 0 Å². The highest BCUT2D eigenvalue weighted by Crippen LogP contribution is 2.25. The van der Waals surface area contributed by atoms with Crippen molar-refractivity contribution in [3.63, 3.8) is 0 Å². The van der Waals surface area contributed by atoms with Crippen LogP contribution in [0, 0.1) is 0 Å². The molecule has 0 bridgehead atoms. The average Bonchev–Trinajstić information content (AvgIpc) is 2.54. The molecule has 1 aromatic heterocycles.